The zero-order valence-corrected chi connectivity index (χ0v) is 23.8. The highest BCUT2D eigenvalue weighted by molar-refractivity contribution is 6.63. The van der Waals surface area contributed by atoms with Crippen LogP contribution in [0, 0.1) is 36.0 Å². The fourth-order valence-electron chi connectivity index (χ4n) is 5.20. The van der Waals surface area contributed by atoms with Gasteiger partial charge in [0.1, 0.15) is 0 Å². The second-order valence-electron chi connectivity index (χ2n) is 12.6. The monoisotopic (exact) mass is 504 g/mol. The van der Waals surface area contributed by atoms with Crippen LogP contribution in [0.4, 0.5) is 0 Å². The first kappa shape index (κ1) is 26.7. The maximum absolute atomic E-state index is 6.37. The van der Waals surface area contributed by atoms with E-state index >= 15 is 0 Å². The highest BCUT2D eigenvalue weighted by Crippen LogP contribution is 2.48. The smallest absolute Gasteiger partial charge is 0.399 e. The van der Waals surface area contributed by atoms with Crippen LogP contribution in [0.2, 0.25) is 0 Å². The lowest BCUT2D eigenvalue weighted by atomic mass is 9.75. The minimum Gasteiger partial charge on any atom is -0.399 e. The Bertz CT molecular complexity index is 1370. The van der Waals surface area contributed by atoms with Gasteiger partial charge in [0.15, 0.2) is 0 Å². The first-order valence-electron chi connectivity index (χ1n) is 13.1. The number of hydrogen-bond acceptors (Lipinski definition) is 4. The summed E-state index contributed by atoms with van der Waals surface area (Å²) in [7, 11) is -0.918. The maximum Gasteiger partial charge on any atom is 0.494 e. The van der Waals surface area contributed by atoms with Gasteiger partial charge in [-0.1, -0.05) is 42.3 Å². The van der Waals surface area contributed by atoms with Gasteiger partial charge in [-0.25, -0.2) is 0 Å². The molecule has 6 heteroatoms. The summed E-state index contributed by atoms with van der Waals surface area (Å²) >= 11 is 0. The lowest BCUT2D eigenvalue weighted by Crippen LogP contribution is -2.41. The van der Waals surface area contributed by atoms with Crippen molar-refractivity contribution in [3.05, 3.63) is 47.5 Å². The number of fused-ring (bicyclic) bond motifs is 3. The quantitative estimate of drug-likeness (QED) is 0.454. The molecule has 2 heterocycles. The lowest BCUT2D eigenvalue weighted by Gasteiger charge is -2.32. The molecule has 192 valence electrons. The van der Waals surface area contributed by atoms with Gasteiger partial charge in [0.05, 0.1) is 27.8 Å². The zero-order valence-electron chi connectivity index (χ0n) is 23.8. The highest BCUT2D eigenvalue weighted by atomic mass is 16.7. The summed E-state index contributed by atoms with van der Waals surface area (Å²) in [6.45, 7) is 18.7. The van der Waals surface area contributed by atoms with Gasteiger partial charge in [0, 0.05) is 0 Å². The Morgan fingerprint density at radius 2 is 0.974 bits per heavy atom. The van der Waals surface area contributed by atoms with Crippen molar-refractivity contribution in [3.8, 4) is 47.2 Å². The molecule has 38 heavy (non-hydrogen) atoms. The Labute approximate surface area is 228 Å². The molecule has 0 amide bonds. The van der Waals surface area contributed by atoms with Gasteiger partial charge in [-0.3, -0.25) is 0 Å². The van der Waals surface area contributed by atoms with Gasteiger partial charge < -0.3 is 18.6 Å². The minimum absolute atomic E-state index is 0.422. The summed E-state index contributed by atoms with van der Waals surface area (Å²) in [5.41, 5.74) is 4.08. The topological polar surface area (TPSA) is 36.9 Å². The van der Waals surface area contributed by atoms with Gasteiger partial charge in [-0.15, -0.1) is 6.42 Å². The molecule has 0 unspecified atom stereocenters. The maximum atomic E-state index is 6.37. The average molecular weight is 504 g/mol. The second kappa shape index (κ2) is 8.55. The van der Waals surface area contributed by atoms with Crippen LogP contribution < -0.4 is 10.9 Å². The van der Waals surface area contributed by atoms with Crippen LogP contribution in [-0.4, -0.2) is 36.6 Å². The van der Waals surface area contributed by atoms with Gasteiger partial charge >= 0.3 is 14.2 Å². The third-order valence-electron chi connectivity index (χ3n) is 9.02. The molecule has 0 saturated carbocycles. The summed E-state index contributed by atoms with van der Waals surface area (Å²) in [4.78, 5) is 0. The Hall–Kier alpha value is -2.91. The molecular weight excluding hydrogens is 470 g/mol. The molecule has 2 aromatic carbocycles. The Morgan fingerprint density at radius 3 is 1.34 bits per heavy atom. The van der Waals surface area contributed by atoms with E-state index in [-0.39, 0.29) is 0 Å². The van der Waals surface area contributed by atoms with E-state index < -0.39 is 42.1 Å². The SMILES string of the molecule is C#CC#CC#CC1(C)c2ccc(B3OC(C)(C)C(C)(C)O3)cc2-c2cc(B3OC(C)(C)C(C)(C)O3)ccc21. The minimum atomic E-state index is -0.559. The molecule has 0 radical (unpaired) electrons. The van der Waals surface area contributed by atoms with E-state index in [4.69, 9.17) is 25.0 Å². The standard InChI is InChI=1S/C32H34B2O4/c1-11-12-13-14-19-32(10)26-17-15-22(33-35-28(2,3)29(4,5)36-33)20-24(26)25-21-23(16-18-27(25)32)34-37-30(6,7)31(8,9)38-34/h1,15-18,20-21H,2-10H3. The molecule has 4 nitrogen and oxygen atoms in total. The molecule has 2 aliphatic heterocycles. The van der Waals surface area contributed by atoms with Crippen LogP contribution in [0.3, 0.4) is 0 Å². The van der Waals surface area contributed by atoms with Crippen molar-refractivity contribution in [2.24, 2.45) is 0 Å². The Kier molecular flexibility index (Phi) is 6.00. The van der Waals surface area contributed by atoms with E-state index in [1.54, 1.807) is 0 Å². The molecule has 0 N–H and O–H groups in total. The van der Waals surface area contributed by atoms with Gasteiger partial charge in [-0.2, -0.15) is 0 Å². The summed E-state index contributed by atoms with van der Waals surface area (Å²) < 4.78 is 25.5. The molecule has 2 saturated heterocycles. The van der Waals surface area contributed by atoms with Crippen molar-refractivity contribution in [2.45, 2.75) is 90.1 Å². The van der Waals surface area contributed by atoms with Crippen molar-refractivity contribution in [1.82, 2.24) is 0 Å². The van der Waals surface area contributed by atoms with Crippen LogP contribution in [0.15, 0.2) is 36.4 Å². The first-order valence-corrected chi connectivity index (χ1v) is 13.1. The Balaban J connectivity index is 1.63. The molecule has 5 rings (SSSR count). The number of hydrogen-bond donors (Lipinski definition) is 0. The zero-order chi connectivity index (χ0) is 27.7. The number of terminal acetylenes is 1. The van der Waals surface area contributed by atoms with E-state index in [0.717, 1.165) is 33.2 Å². The fraction of sp³-hybridized carbons (Fsp3) is 0.438. The van der Waals surface area contributed by atoms with E-state index in [1.165, 1.54) is 0 Å². The third kappa shape index (κ3) is 4.02. The first-order chi connectivity index (χ1) is 17.6. The summed E-state index contributed by atoms with van der Waals surface area (Å²) in [6.07, 6.45) is 5.30. The summed E-state index contributed by atoms with van der Waals surface area (Å²) in [6, 6.07) is 12.8. The molecule has 0 bridgehead atoms. The molecular formula is C32H34B2O4. The molecule has 2 aromatic rings. The number of rotatable bonds is 2. The van der Waals surface area contributed by atoms with Gasteiger partial charge in [0.25, 0.3) is 0 Å². The molecule has 1 aliphatic carbocycles. The Morgan fingerprint density at radius 1 is 0.579 bits per heavy atom. The molecule has 0 spiro atoms. The van der Waals surface area contributed by atoms with Crippen molar-refractivity contribution in [2.75, 3.05) is 0 Å². The van der Waals surface area contributed by atoms with Crippen LogP contribution >= 0.6 is 0 Å². The fourth-order valence-corrected chi connectivity index (χ4v) is 5.20. The van der Waals surface area contributed by atoms with Crippen LogP contribution in [0.1, 0.15) is 73.4 Å². The van der Waals surface area contributed by atoms with Crippen molar-refractivity contribution >= 4 is 25.2 Å². The molecule has 0 aromatic heterocycles. The van der Waals surface area contributed by atoms with E-state index in [2.05, 4.69) is 128 Å². The summed E-state index contributed by atoms with van der Waals surface area (Å²) in [5, 5.41) is 0. The summed E-state index contributed by atoms with van der Waals surface area (Å²) in [5.74, 6) is 14.1. The van der Waals surface area contributed by atoms with Gasteiger partial charge in [0.2, 0.25) is 0 Å². The predicted molar refractivity (Wildman–Crippen MR) is 154 cm³/mol. The van der Waals surface area contributed by atoms with E-state index in [9.17, 15) is 0 Å². The van der Waals surface area contributed by atoms with Gasteiger partial charge in [-0.05, 0) is 119 Å². The molecule has 2 fully saturated rings. The van der Waals surface area contributed by atoms with Crippen LogP contribution in [-0.2, 0) is 24.0 Å². The third-order valence-corrected chi connectivity index (χ3v) is 9.02. The highest BCUT2D eigenvalue weighted by Gasteiger charge is 2.53. The molecule has 0 atom stereocenters. The van der Waals surface area contributed by atoms with Crippen LogP contribution in [0.5, 0.6) is 0 Å². The normalized spacial score (nSPS) is 22.4. The van der Waals surface area contributed by atoms with Crippen molar-refractivity contribution in [1.29, 1.82) is 0 Å². The predicted octanol–water partition coefficient (Wildman–Crippen LogP) is 4.21. The van der Waals surface area contributed by atoms with Crippen LogP contribution in [0.25, 0.3) is 11.1 Å². The van der Waals surface area contributed by atoms with Crippen molar-refractivity contribution in [3.63, 3.8) is 0 Å². The second-order valence-corrected chi connectivity index (χ2v) is 12.6. The largest absolute Gasteiger partial charge is 0.494 e. The number of benzene rings is 2. The van der Waals surface area contributed by atoms with E-state index in [1.807, 2.05) is 0 Å². The lowest BCUT2D eigenvalue weighted by molar-refractivity contribution is 0.00578. The van der Waals surface area contributed by atoms with E-state index in [0.29, 0.717) is 0 Å². The molecule has 3 aliphatic rings. The van der Waals surface area contributed by atoms with Crippen molar-refractivity contribution < 1.29 is 18.6 Å². The average Bonchev–Trinajstić information content (AvgIpc) is 3.31.